The monoisotopic (exact) mass is 613 g/mol. The van der Waals surface area contributed by atoms with Crippen LogP contribution in [0.15, 0.2) is 97.2 Å². The number of hydrogen-bond donors (Lipinski definition) is 2. The van der Waals surface area contributed by atoms with Crippen LogP contribution in [0.25, 0.3) is 39.5 Å². The third-order valence-corrected chi connectivity index (χ3v) is 8.45. The number of nitrogens with two attached hydrogens (primary N) is 1. The van der Waals surface area contributed by atoms with E-state index in [1.807, 2.05) is 46.7 Å². The largest absolute Gasteiger partial charge is 0.508 e. The summed E-state index contributed by atoms with van der Waals surface area (Å²) in [6, 6.07) is 27.1. The quantitative estimate of drug-likeness (QED) is 0.243. The number of aromatic hydroxyl groups is 1. The highest BCUT2D eigenvalue weighted by Gasteiger charge is 2.23. The first-order valence-corrected chi connectivity index (χ1v) is 15.1. The zero-order valence-electron chi connectivity index (χ0n) is 25.3. The summed E-state index contributed by atoms with van der Waals surface area (Å²) in [6.07, 6.45) is 1.64. The molecule has 9 nitrogen and oxygen atoms in total. The SMILES string of the molecule is Cc1ccc(C(=O)N2CCN(Cc3ccc(-n4c(-c5cccnc5N)nc5ccc(-c6ccccc6F)nc54)cc3)CC2)cc1O. The average molecular weight is 614 g/mol. The van der Waals surface area contributed by atoms with Gasteiger partial charge in [0.1, 0.15) is 22.9 Å². The minimum absolute atomic E-state index is 0.0660. The number of benzene rings is 3. The van der Waals surface area contributed by atoms with E-state index in [4.69, 9.17) is 15.7 Å². The van der Waals surface area contributed by atoms with Crippen LogP contribution in [-0.4, -0.2) is 66.5 Å². The summed E-state index contributed by atoms with van der Waals surface area (Å²) in [7, 11) is 0. The van der Waals surface area contributed by atoms with Gasteiger partial charge in [0.15, 0.2) is 11.5 Å². The third kappa shape index (κ3) is 5.54. The van der Waals surface area contributed by atoms with Gasteiger partial charge in [-0.2, -0.15) is 0 Å². The Morgan fingerprint density at radius 3 is 2.39 bits per heavy atom. The van der Waals surface area contributed by atoms with Crippen molar-refractivity contribution in [2.24, 2.45) is 0 Å². The lowest BCUT2D eigenvalue weighted by Gasteiger charge is -2.34. The van der Waals surface area contributed by atoms with Crippen LogP contribution in [0.3, 0.4) is 0 Å². The van der Waals surface area contributed by atoms with Crippen molar-refractivity contribution in [1.29, 1.82) is 0 Å². The van der Waals surface area contributed by atoms with Crippen LogP contribution < -0.4 is 5.73 Å². The number of phenolic OH excluding ortho intramolecular Hbond substituents is 1. The number of nitrogen functional groups attached to an aromatic ring is 1. The zero-order valence-corrected chi connectivity index (χ0v) is 25.3. The van der Waals surface area contributed by atoms with Crippen LogP contribution in [0, 0.1) is 12.7 Å². The molecule has 0 bridgehead atoms. The summed E-state index contributed by atoms with van der Waals surface area (Å²) in [6.45, 7) is 5.24. The number of nitrogens with zero attached hydrogens (tertiary/aromatic N) is 6. The number of aromatic nitrogens is 4. The van der Waals surface area contributed by atoms with Crippen molar-refractivity contribution in [3.63, 3.8) is 0 Å². The fraction of sp³-hybridized carbons (Fsp3) is 0.167. The fourth-order valence-electron chi connectivity index (χ4n) is 5.85. The van der Waals surface area contributed by atoms with E-state index in [2.05, 4.69) is 22.0 Å². The van der Waals surface area contributed by atoms with Gasteiger partial charge in [0.05, 0.1) is 11.3 Å². The summed E-state index contributed by atoms with van der Waals surface area (Å²) in [5.74, 6) is 0.662. The molecule has 3 aromatic heterocycles. The van der Waals surface area contributed by atoms with Crippen LogP contribution in [0.5, 0.6) is 5.75 Å². The van der Waals surface area contributed by atoms with E-state index in [1.54, 1.807) is 48.7 Å². The molecular weight excluding hydrogens is 581 g/mol. The van der Waals surface area contributed by atoms with Gasteiger partial charge in [-0.1, -0.05) is 30.3 Å². The van der Waals surface area contributed by atoms with Crippen LogP contribution in [0.4, 0.5) is 10.2 Å². The van der Waals surface area contributed by atoms with Crippen molar-refractivity contribution in [2.75, 3.05) is 31.9 Å². The Hall–Kier alpha value is -5.61. The molecule has 1 amide bonds. The van der Waals surface area contributed by atoms with Gasteiger partial charge in [0.2, 0.25) is 0 Å². The Morgan fingerprint density at radius 1 is 0.891 bits per heavy atom. The maximum absolute atomic E-state index is 14.7. The minimum Gasteiger partial charge on any atom is -0.508 e. The first kappa shape index (κ1) is 29.1. The van der Waals surface area contributed by atoms with E-state index in [1.165, 1.54) is 6.07 Å². The van der Waals surface area contributed by atoms with Crippen LogP contribution in [-0.2, 0) is 6.54 Å². The molecular formula is C36H32FN7O2. The molecule has 0 atom stereocenters. The summed E-state index contributed by atoms with van der Waals surface area (Å²) in [5, 5.41) is 10.0. The normalized spacial score (nSPS) is 13.7. The minimum atomic E-state index is -0.346. The second kappa shape index (κ2) is 12.1. The smallest absolute Gasteiger partial charge is 0.254 e. The molecule has 0 unspecified atom stereocenters. The lowest BCUT2D eigenvalue weighted by atomic mass is 10.1. The third-order valence-electron chi connectivity index (χ3n) is 8.45. The molecule has 0 spiro atoms. The number of carbonyl (C=O) groups excluding carboxylic acids is 1. The van der Waals surface area contributed by atoms with Gasteiger partial charge >= 0.3 is 0 Å². The fourth-order valence-corrected chi connectivity index (χ4v) is 5.85. The predicted octanol–water partition coefficient (Wildman–Crippen LogP) is 5.84. The maximum atomic E-state index is 14.7. The van der Waals surface area contributed by atoms with Gasteiger partial charge < -0.3 is 15.7 Å². The molecule has 46 heavy (non-hydrogen) atoms. The topological polar surface area (TPSA) is 113 Å². The standard InChI is InChI=1S/C36H32FN7O2/c1-23-8-11-25(21-32(23)45)36(46)43-19-17-42(18-20-43)22-24-9-12-26(13-10-24)44-34(28-6-4-16-39-33(28)38)41-31-15-14-30(40-35(31)44)27-5-2-3-7-29(27)37/h2-16,21,45H,17-20,22H2,1H3,(H2,38,39). The molecule has 0 saturated carbocycles. The number of aryl methyl sites for hydroxylation is 1. The summed E-state index contributed by atoms with van der Waals surface area (Å²) in [4.78, 5) is 31.2. The molecule has 7 rings (SSSR count). The van der Waals surface area contributed by atoms with Gasteiger partial charge in [-0.05, 0) is 78.7 Å². The van der Waals surface area contributed by atoms with E-state index in [0.717, 1.165) is 36.4 Å². The van der Waals surface area contributed by atoms with E-state index >= 15 is 0 Å². The molecule has 4 heterocycles. The molecule has 1 aliphatic heterocycles. The van der Waals surface area contributed by atoms with E-state index in [0.29, 0.717) is 58.3 Å². The lowest BCUT2D eigenvalue weighted by Crippen LogP contribution is -2.48. The van der Waals surface area contributed by atoms with Gasteiger partial charge in [-0.15, -0.1) is 0 Å². The summed E-state index contributed by atoms with van der Waals surface area (Å²) < 4.78 is 16.6. The second-order valence-corrected chi connectivity index (χ2v) is 11.5. The van der Waals surface area contributed by atoms with Crippen molar-refractivity contribution >= 4 is 22.9 Å². The molecule has 1 aliphatic rings. The number of fused-ring (bicyclic) bond motifs is 1. The Morgan fingerprint density at radius 2 is 1.65 bits per heavy atom. The highest BCUT2D eigenvalue weighted by atomic mass is 19.1. The van der Waals surface area contributed by atoms with Crippen molar-refractivity contribution in [3.8, 4) is 34.1 Å². The lowest BCUT2D eigenvalue weighted by molar-refractivity contribution is 0.0628. The van der Waals surface area contributed by atoms with Crippen LogP contribution >= 0.6 is 0 Å². The van der Waals surface area contributed by atoms with Gasteiger partial charge in [-0.25, -0.2) is 19.3 Å². The summed E-state index contributed by atoms with van der Waals surface area (Å²) in [5.41, 5.74) is 12.3. The van der Waals surface area contributed by atoms with Crippen LogP contribution in [0.2, 0.25) is 0 Å². The number of pyridine rings is 2. The first-order chi connectivity index (χ1) is 22.4. The van der Waals surface area contributed by atoms with E-state index in [-0.39, 0.29) is 17.5 Å². The molecule has 0 aliphatic carbocycles. The molecule has 1 saturated heterocycles. The predicted molar refractivity (Wildman–Crippen MR) is 176 cm³/mol. The number of hydrogen-bond acceptors (Lipinski definition) is 7. The van der Waals surface area contributed by atoms with E-state index in [9.17, 15) is 14.3 Å². The molecule has 10 heteroatoms. The number of halogens is 1. The Labute approximate surface area is 265 Å². The number of piperazine rings is 1. The van der Waals surface area contributed by atoms with E-state index < -0.39 is 0 Å². The molecule has 6 aromatic rings. The second-order valence-electron chi connectivity index (χ2n) is 11.5. The first-order valence-electron chi connectivity index (χ1n) is 15.1. The Kier molecular flexibility index (Phi) is 7.63. The number of imidazole rings is 1. The van der Waals surface area contributed by atoms with Crippen molar-refractivity contribution in [1.82, 2.24) is 29.3 Å². The molecule has 230 valence electrons. The average Bonchev–Trinajstić information content (AvgIpc) is 3.45. The number of carbonyl (C=O) groups is 1. The highest BCUT2D eigenvalue weighted by molar-refractivity contribution is 5.94. The molecule has 3 aromatic carbocycles. The highest BCUT2D eigenvalue weighted by Crippen LogP contribution is 2.32. The van der Waals surface area contributed by atoms with Crippen molar-refractivity contribution in [2.45, 2.75) is 13.5 Å². The number of amides is 1. The Balaban J connectivity index is 1.14. The maximum Gasteiger partial charge on any atom is 0.254 e. The van der Waals surface area contributed by atoms with Crippen molar-refractivity contribution in [3.05, 3.63) is 120 Å². The van der Waals surface area contributed by atoms with Gasteiger partial charge in [0, 0.05) is 55.7 Å². The van der Waals surface area contributed by atoms with Crippen LogP contribution in [0.1, 0.15) is 21.5 Å². The zero-order chi connectivity index (χ0) is 31.8. The number of rotatable bonds is 6. The Bertz CT molecular complexity index is 2070. The van der Waals surface area contributed by atoms with Crippen molar-refractivity contribution < 1.29 is 14.3 Å². The number of anilines is 1. The van der Waals surface area contributed by atoms with Gasteiger partial charge in [-0.3, -0.25) is 14.3 Å². The summed E-state index contributed by atoms with van der Waals surface area (Å²) >= 11 is 0. The molecule has 1 fully saturated rings. The molecule has 3 N–H and O–H groups in total. The van der Waals surface area contributed by atoms with Gasteiger partial charge in [0.25, 0.3) is 5.91 Å². The molecule has 0 radical (unpaired) electrons. The number of phenols is 1.